The van der Waals surface area contributed by atoms with Gasteiger partial charge in [-0.25, -0.2) is 9.59 Å². The fraction of sp³-hybridized carbons (Fsp3) is 0.429. The summed E-state index contributed by atoms with van der Waals surface area (Å²) in [6.45, 7) is 0. The number of rotatable bonds is 6. The number of hydrogen-bond acceptors (Lipinski definition) is 8. The second kappa shape index (κ2) is 8.26. The summed E-state index contributed by atoms with van der Waals surface area (Å²) >= 11 is 0. The van der Waals surface area contributed by atoms with Crippen LogP contribution in [0, 0.1) is 0 Å². The Hall–Kier alpha value is -2.48. The molecule has 2 heterocycles. The number of ether oxygens (including phenoxy) is 1. The molecule has 0 saturated carbocycles. The Kier molecular flexibility index (Phi) is 6.95. The van der Waals surface area contributed by atoms with Crippen molar-refractivity contribution in [3.05, 3.63) is 20.8 Å². The van der Waals surface area contributed by atoms with Crippen molar-refractivity contribution in [2.75, 3.05) is 0 Å². The first kappa shape index (κ1) is 23.6. The molecule has 0 radical (unpaired) electrons. The summed E-state index contributed by atoms with van der Waals surface area (Å²) in [5.74, 6) is -4.83. The molecule has 0 spiro atoms. The van der Waals surface area contributed by atoms with Crippen LogP contribution in [0.15, 0.2) is 9.59 Å². The van der Waals surface area contributed by atoms with Gasteiger partial charge in [-0.2, -0.15) is 4.98 Å². The van der Waals surface area contributed by atoms with Crippen LogP contribution in [0.4, 0.5) is 0 Å². The van der Waals surface area contributed by atoms with Gasteiger partial charge in [0.1, 0.15) is 0 Å². The number of carboxylic acids is 2. The molecule has 0 aliphatic heterocycles. The predicted molar refractivity (Wildman–Crippen MR) is 93.4 cm³/mol. The number of hydrogen-bond donors (Lipinski definition) is 3. The average Bonchev–Trinajstić information content (AvgIpc) is 2.86. The van der Waals surface area contributed by atoms with E-state index < -0.39 is 53.6 Å². The monoisotopic (exact) mass is 408 g/mol. The van der Waals surface area contributed by atoms with Crippen LogP contribution in [0.1, 0.15) is 12.8 Å². The van der Waals surface area contributed by atoms with Crippen molar-refractivity contribution in [3.63, 3.8) is 0 Å². The van der Waals surface area contributed by atoms with E-state index in [9.17, 15) is 29.1 Å². The van der Waals surface area contributed by atoms with Crippen molar-refractivity contribution in [3.8, 4) is 6.01 Å². The number of fused-ring (bicyclic) bond motifs is 1. The number of carboxylic acid groups (broad SMARTS) is 2. The molecule has 0 aromatic carbocycles. The van der Waals surface area contributed by atoms with Crippen molar-refractivity contribution in [2.45, 2.75) is 18.4 Å². The van der Waals surface area contributed by atoms with Gasteiger partial charge >= 0.3 is 59.2 Å². The number of aryl methyl sites for hydroxylation is 2. The summed E-state index contributed by atoms with van der Waals surface area (Å²) < 4.78 is 7.83. The van der Waals surface area contributed by atoms with Crippen LogP contribution in [0.2, 0.25) is 0 Å². The molecule has 28 heavy (non-hydrogen) atoms. The van der Waals surface area contributed by atoms with E-state index in [0.29, 0.717) is 0 Å². The zero-order valence-corrected chi connectivity index (χ0v) is 14.5. The van der Waals surface area contributed by atoms with Crippen LogP contribution in [0.5, 0.6) is 6.01 Å². The molecule has 0 aliphatic rings. The van der Waals surface area contributed by atoms with E-state index in [0.717, 1.165) is 13.7 Å². The van der Waals surface area contributed by atoms with Crippen molar-refractivity contribution in [1.29, 1.82) is 0 Å². The van der Waals surface area contributed by atoms with Crippen LogP contribution in [-0.2, 0) is 35.5 Å². The van der Waals surface area contributed by atoms with Crippen molar-refractivity contribution in [2.24, 2.45) is 21.1 Å². The van der Waals surface area contributed by atoms with Gasteiger partial charge in [0, 0.05) is 21.1 Å². The number of imidazole rings is 1. The first-order valence-electron chi connectivity index (χ1n) is 7.39. The Balaban J connectivity index is 0.00000392. The molecule has 14 heteroatoms. The van der Waals surface area contributed by atoms with Gasteiger partial charge in [0.15, 0.2) is 16.8 Å². The molecule has 2 aromatic heterocycles. The molecule has 13 nitrogen and oxygen atoms in total. The van der Waals surface area contributed by atoms with E-state index in [1.165, 1.54) is 21.1 Å². The third-order valence-electron chi connectivity index (χ3n) is 3.92. The SMILES string of the molecule is Cn1c(=O)c2c(nc(OC(=O)CC(O)(CC(=O)O)C(=O)O)n2C)n(C)c1=O.[NaH]. The fourth-order valence-corrected chi connectivity index (χ4v) is 2.43. The molecule has 0 saturated heterocycles. The van der Waals surface area contributed by atoms with Crippen LogP contribution in [0.3, 0.4) is 0 Å². The molecule has 0 bridgehead atoms. The fourth-order valence-electron chi connectivity index (χ4n) is 2.43. The topological polar surface area (TPSA) is 183 Å². The second-order valence-corrected chi connectivity index (χ2v) is 5.89. The van der Waals surface area contributed by atoms with Gasteiger partial charge in [-0.05, 0) is 0 Å². The maximum atomic E-state index is 12.2. The van der Waals surface area contributed by atoms with Gasteiger partial charge in [0.05, 0.1) is 12.8 Å². The molecular weight excluding hydrogens is 391 g/mol. The van der Waals surface area contributed by atoms with Crippen LogP contribution in [-0.4, -0.2) is 87.1 Å². The van der Waals surface area contributed by atoms with Crippen molar-refractivity contribution in [1.82, 2.24) is 18.7 Å². The first-order valence-corrected chi connectivity index (χ1v) is 7.39. The third kappa shape index (κ3) is 4.16. The molecule has 3 N–H and O–H groups in total. The third-order valence-corrected chi connectivity index (χ3v) is 3.92. The number of nitrogens with zero attached hydrogens (tertiary/aromatic N) is 4. The second-order valence-electron chi connectivity index (χ2n) is 5.89. The van der Waals surface area contributed by atoms with Crippen molar-refractivity contribution < 1.29 is 34.4 Å². The number of aliphatic hydroxyl groups is 1. The normalized spacial score (nSPS) is 12.9. The maximum absolute atomic E-state index is 12.2. The van der Waals surface area contributed by atoms with Crippen LogP contribution >= 0.6 is 0 Å². The average molecular weight is 408 g/mol. The quantitative estimate of drug-likeness (QED) is 0.327. The van der Waals surface area contributed by atoms with Gasteiger partial charge in [0.25, 0.3) is 5.56 Å². The van der Waals surface area contributed by atoms with Crippen LogP contribution in [0.25, 0.3) is 11.2 Å². The summed E-state index contributed by atoms with van der Waals surface area (Å²) in [5.41, 5.74) is -4.37. The van der Waals surface area contributed by atoms with Crippen LogP contribution < -0.4 is 16.0 Å². The van der Waals surface area contributed by atoms with E-state index in [1.807, 2.05) is 0 Å². The Morgan fingerprint density at radius 2 is 1.61 bits per heavy atom. The van der Waals surface area contributed by atoms with Gasteiger partial charge in [-0.1, -0.05) is 0 Å². The Morgan fingerprint density at radius 3 is 2.11 bits per heavy atom. The van der Waals surface area contributed by atoms with E-state index >= 15 is 0 Å². The van der Waals surface area contributed by atoms with E-state index in [4.69, 9.17) is 14.9 Å². The molecular formula is C14H17N4NaO9. The number of carbonyl (C=O) groups excluding carboxylic acids is 1. The molecule has 0 aliphatic carbocycles. The summed E-state index contributed by atoms with van der Waals surface area (Å²) in [4.78, 5) is 61.8. The van der Waals surface area contributed by atoms with Crippen molar-refractivity contribution >= 4 is 58.6 Å². The van der Waals surface area contributed by atoms with Gasteiger partial charge in [-0.15, -0.1) is 0 Å². The van der Waals surface area contributed by atoms with Gasteiger partial charge < -0.3 is 20.1 Å². The molecule has 0 amide bonds. The molecule has 2 aromatic rings. The summed E-state index contributed by atoms with van der Waals surface area (Å²) in [5, 5.41) is 27.5. The van der Waals surface area contributed by atoms with E-state index in [1.54, 1.807) is 0 Å². The molecule has 148 valence electrons. The number of aromatic nitrogens is 4. The Morgan fingerprint density at radius 1 is 1.04 bits per heavy atom. The summed E-state index contributed by atoms with van der Waals surface area (Å²) in [6.07, 6.45) is -2.40. The standard InChI is InChI=1S/C14H16N4O9.Na.H/c1-16-8-9(17(2)13(25)18(3)10(8)22)15-12(16)27-7(21)5-14(26,11(23)24)4-6(19)20;;/h26H,4-5H2,1-3H3,(H,19,20)(H,23,24);;. The molecule has 0 fully saturated rings. The minimum absolute atomic E-state index is 0. The van der Waals surface area contributed by atoms with E-state index in [2.05, 4.69) is 4.98 Å². The molecule has 1 atom stereocenters. The molecule has 2 rings (SSSR count). The van der Waals surface area contributed by atoms with E-state index in [-0.39, 0.29) is 40.7 Å². The minimum atomic E-state index is -2.88. The van der Waals surface area contributed by atoms with Gasteiger partial charge in [-0.3, -0.25) is 28.1 Å². The molecule has 1 unspecified atom stereocenters. The zero-order chi connectivity index (χ0) is 20.7. The Bertz CT molecular complexity index is 1080. The summed E-state index contributed by atoms with van der Waals surface area (Å²) in [7, 11) is 3.92. The number of esters is 1. The first-order chi connectivity index (χ1) is 12.4. The van der Waals surface area contributed by atoms with Gasteiger partial charge in [0.2, 0.25) is 0 Å². The zero-order valence-electron chi connectivity index (χ0n) is 14.5. The summed E-state index contributed by atoms with van der Waals surface area (Å²) in [6, 6.07) is -0.434. The predicted octanol–water partition coefficient (Wildman–Crippen LogP) is -3.09. The number of aliphatic carboxylic acids is 2. The number of carbonyl (C=O) groups is 3. The Labute approximate surface area is 178 Å².